The number of piperidine rings is 1. The number of nitrogens with zero attached hydrogens (tertiary/aromatic N) is 1. The van der Waals surface area contributed by atoms with Gasteiger partial charge in [-0.25, -0.2) is 0 Å². The Labute approximate surface area is 133 Å². The van der Waals surface area contributed by atoms with E-state index >= 15 is 0 Å². The lowest BCUT2D eigenvalue weighted by atomic mass is 9.95. The third-order valence-corrected chi connectivity index (χ3v) is 4.57. The van der Waals surface area contributed by atoms with Gasteiger partial charge < -0.3 is 19.9 Å². The number of benzene rings is 1. The summed E-state index contributed by atoms with van der Waals surface area (Å²) in [6.07, 6.45) is 2.41. The standard InChI is InChI=1S/C17H28N2O3/c1-12-5-7-19(8-6-12)14(11-18)17-15(21-3)9-13(20-2)10-16(17)22-4/h9-10,12,14H,5-8,11,18H2,1-4H3. The van der Waals surface area contributed by atoms with Crippen LogP contribution in [0.1, 0.15) is 31.4 Å². The molecule has 2 rings (SSSR count). The van der Waals surface area contributed by atoms with Crippen molar-refractivity contribution >= 4 is 0 Å². The monoisotopic (exact) mass is 308 g/mol. The fourth-order valence-corrected chi connectivity index (χ4v) is 3.15. The lowest BCUT2D eigenvalue weighted by molar-refractivity contribution is 0.137. The molecule has 1 heterocycles. The molecule has 1 aliphatic heterocycles. The van der Waals surface area contributed by atoms with E-state index in [-0.39, 0.29) is 6.04 Å². The molecule has 0 bridgehead atoms. The minimum atomic E-state index is 0.100. The normalized spacial score (nSPS) is 18.0. The van der Waals surface area contributed by atoms with Crippen LogP contribution in [0.4, 0.5) is 0 Å². The summed E-state index contributed by atoms with van der Waals surface area (Å²) in [5, 5.41) is 0. The maximum Gasteiger partial charge on any atom is 0.131 e. The van der Waals surface area contributed by atoms with E-state index in [1.165, 1.54) is 12.8 Å². The Morgan fingerprint density at radius 1 is 1.09 bits per heavy atom. The number of likely N-dealkylation sites (tertiary alicyclic amines) is 1. The van der Waals surface area contributed by atoms with Crippen LogP contribution >= 0.6 is 0 Å². The quantitative estimate of drug-likeness (QED) is 0.875. The van der Waals surface area contributed by atoms with Gasteiger partial charge in [0, 0.05) is 18.7 Å². The second-order valence-corrected chi connectivity index (χ2v) is 5.92. The van der Waals surface area contributed by atoms with Gasteiger partial charge >= 0.3 is 0 Å². The Hall–Kier alpha value is -1.46. The minimum Gasteiger partial charge on any atom is -0.496 e. The third kappa shape index (κ3) is 3.47. The molecule has 1 unspecified atom stereocenters. The summed E-state index contributed by atoms with van der Waals surface area (Å²) < 4.78 is 16.5. The molecule has 1 saturated heterocycles. The van der Waals surface area contributed by atoms with Crippen molar-refractivity contribution in [3.05, 3.63) is 17.7 Å². The van der Waals surface area contributed by atoms with Gasteiger partial charge in [0.1, 0.15) is 17.2 Å². The summed E-state index contributed by atoms with van der Waals surface area (Å²) in [6.45, 7) is 4.96. The van der Waals surface area contributed by atoms with Crippen LogP contribution < -0.4 is 19.9 Å². The van der Waals surface area contributed by atoms with Crippen LogP contribution in [0.15, 0.2) is 12.1 Å². The predicted octanol–water partition coefficient (Wildman–Crippen LogP) is 2.44. The van der Waals surface area contributed by atoms with E-state index < -0.39 is 0 Å². The van der Waals surface area contributed by atoms with E-state index in [2.05, 4.69) is 11.8 Å². The molecule has 124 valence electrons. The van der Waals surface area contributed by atoms with Gasteiger partial charge in [0.2, 0.25) is 0 Å². The molecule has 5 nitrogen and oxygen atoms in total. The first kappa shape index (κ1) is 16.9. The molecule has 1 fully saturated rings. The zero-order chi connectivity index (χ0) is 16.1. The zero-order valence-electron chi connectivity index (χ0n) is 14.1. The summed E-state index contributed by atoms with van der Waals surface area (Å²) in [5.74, 6) is 3.05. The molecule has 0 saturated carbocycles. The molecule has 0 aliphatic carbocycles. The van der Waals surface area contributed by atoms with Gasteiger partial charge in [-0.3, -0.25) is 4.90 Å². The van der Waals surface area contributed by atoms with Crippen molar-refractivity contribution in [2.45, 2.75) is 25.8 Å². The number of hydrogen-bond acceptors (Lipinski definition) is 5. The number of methoxy groups -OCH3 is 3. The number of hydrogen-bond donors (Lipinski definition) is 1. The van der Waals surface area contributed by atoms with E-state index in [4.69, 9.17) is 19.9 Å². The van der Waals surface area contributed by atoms with E-state index in [1.807, 2.05) is 12.1 Å². The maximum absolute atomic E-state index is 6.10. The van der Waals surface area contributed by atoms with Crippen molar-refractivity contribution in [3.8, 4) is 17.2 Å². The predicted molar refractivity (Wildman–Crippen MR) is 87.9 cm³/mol. The van der Waals surface area contributed by atoms with Gasteiger partial charge in [0.15, 0.2) is 0 Å². The highest BCUT2D eigenvalue weighted by Gasteiger charge is 2.29. The molecule has 1 aliphatic rings. The van der Waals surface area contributed by atoms with Crippen molar-refractivity contribution in [1.82, 2.24) is 4.90 Å². The molecule has 2 N–H and O–H groups in total. The fraction of sp³-hybridized carbons (Fsp3) is 0.647. The second kappa shape index (κ2) is 7.70. The molecule has 0 spiro atoms. The van der Waals surface area contributed by atoms with E-state index in [1.54, 1.807) is 21.3 Å². The third-order valence-electron chi connectivity index (χ3n) is 4.57. The van der Waals surface area contributed by atoms with Crippen molar-refractivity contribution in [2.75, 3.05) is 41.0 Å². The first-order valence-corrected chi connectivity index (χ1v) is 7.88. The Morgan fingerprint density at radius 2 is 1.64 bits per heavy atom. The Morgan fingerprint density at radius 3 is 2.05 bits per heavy atom. The molecule has 1 aromatic carbocycles. The number of rotatable bonds is 6. The molecule has 22 heavy (non-hydrogen) atoms. The molecule has 1 atom stereocenters. The van der Waals surface area contributed by atoms with Gasteiger partial charge in [-0.1, -0.05) is 6.92 Å². The topological polar surface area (TPSA) is 57.0 Å². The summed E-state index contributed by atoms with van der Waals surface area (Å²) >= 11 is 0. The Balaban J connectivity index is 2.38. The Kier molecular flexibility index (Phi) is 5.91. The summed E-state index contributed by atoms with van der Waals surface area (Å²) in [4.78, 5) is 2.44. The van der Waals surface area contributed by atoms with Crippen molar-refractivity contribution in [2.24, 2.45) is 11.7 Å². The molecular formula is C17H28N2O3. The molecule has 0 amide bonds. The van der Waals surface area contributed by atoms with Gasteiger partial charge in [0.05, 0.1) is 32.9 Å². The molecule has 1 aromatic rings. The fourth-order valence-electron chi connectivity index (χ4n) is 3.15. The average molecular weight is 308 g/mol. The second-order valence-electron chi connectivity index (χ2n) is 5.92. The van der Waals surface area contributed by atoms with Gasteiger partial charge in [-0.15, -0.1) is 0 Å². The molecule has 5 heteroatoms. The summed E-state index contributed by atoms with van der Waals surface area (Å²) in [7, 11) is 4.98. The van der Waals surface area contributed by atoms with Crippen LogP contribution in [0.5, 0.6) is 17.2 Å². The first-order valence-electron chi connectivity index (χ1n) is 7.88. The number of ether oxygens (including phenoxy) is 3. The lowest BCUT2D eigenvalue weighted by Gasteiger charge is -2.37. The summed E-state index contributed by atoms with van der Waals surface area (Å²) in [5.41, 5.74) is 7.12. The van der Waals surface area contributed by atoms with Gasteiger partial charge in [0.25, 0.3) is 0 Å². The van der Waals surface area contributed by atoms with Crippen LogP contribution in [0.25, 0.3) is 0 Å². The van der Waals surface area contributed by atoms with Gasteiger partial charge in [-0.2, -0.15) is 0 Å². The van der Waals surface area contributed by atoms with Crippen LogP contribution in [0, 0.1) is 5.92 Å². The smallest absolute Gasteiger partial charge is 0.131 e. The van der Waals surface area contributed by atoms with Gasteiger partial charge in [-0.05, 0) is 31.8 Å². The van der Waals surface area contributed by atoms with E-state index in [0.717, 1.165) is 41.8 Å². The maximum atomic E-state index is 6.10. The van der Waals surface area contributed by atoms with Crippen molar-refractivity contribution < 1.29 is 14.2 Å². The van der Waals surface area contributed by atoms with Crippen molar-refractivity contribution in [1.29, 1.82) is 0 Å². The molecular weight excluding hydrogens is 280 g/mol. The minimum absolute atomic E-state index is 0.100. The largest absolute Gasteiger partial charge is 0.496 e. The summed E-state index contributed by atoms with van der Waals surface area (Å²) in [6, 6.07) is 3.89. The van der Waals surface area contributed by atoms with Crippen LogP contribution in [-0.2, 0) is 0 Å². The first-order chi connectivity index (χ1) is 10.6. The van der Waals surface area contributed by atoms with E-state index in [9.17, 15) is 0 Å². The number of nitrogens with two attached hydrogens (primary N) is 1. The van der Waals surface area contributed by atoms with Crippen LogP contribution in [0.3, 0.4) is 0 Å². The highest BCUT2D eigenvalue weighted by Crippen LogP contribution is 2.41. The SMILES string of the molecule is COc1cc(OC)c(C(CN)N2CCC(C)CC2)c(OC)c1. The lowest BCUT2D eigenvalue weighted by Crippen LogP contribution is -2.39. The van der Waals surface area contributed by atoms with Crippen LogP contribution in [0.2, 0.25) is 0 Å². The average Bonchev–Trinajstić information content (AvgIpc) is 2.56. The zero-order valence-corrected chi connectivity index (χ0v) is 14.1. The molecule has 0 aromatic heterocycles. The Bertz CT molecular complexity index is 460. The van der Waals surface area contributed by atoms with E-state index in [0.29, 0.717) is 6.54 Å². The van der Waals surface area contributed by atoms with Crippen LogP contribution in [-0.4, -0.2) is 45.9 Å². The molecule has 0 radical (unpaired) electrons. The van der Waals surface area contributed by atoms with Crippen molar-refractivity contribution in [3.63, 3.8) is 0 Å². The highest BCUT2D eigenvalue weighted by molar-refractivity contribution is 5.52. The highest BCUT2D eigenvalue weighted by atomic mass is 16.5.